The van der Waals surface area contributed by atoms with Gasteiger partial charge in [-0.05, 0) is 59.6 Å². The first-order chi connectivity index (χ1) is 8.06. The van der Waals surface area contributed by atoms with Crippen LogP contribution in [0.3, 0.4) is 0 Å². The van der Waals surface area contributed by atoms with Crippen molar-refractivity contribution in [3.05, 3.63) is 51.9 Å². The Labute approximate surface area is 108 Å². The average Bonchev–Trinajstić information content (AvgIpc) is 2.27. The highest BCUT2D eigenvalue weighted by atomic mass is 79.9. The molecule has 0 spiro atoms. The van der Waals surface area contributed by atoms with Gasteiger partial charge in [-0.15, -0.1) is 0 Å². The van der Waals surface area contributed by atoms with Crippen molar-refractivity contribution in [3.63, 3.8) is 0 Å². The van der Waals surface area contributed by atoms with Crippen molar-refractivity contribution < 1.29 is 9.13 Å². The molecule has 0 radical (unpaired) electrons. The predicted molar refractivity (Wildman–Crippen MR) is 67.9 cm³/mol. The average molecular weight is 296 g/mol. The van der Waals surface area contributed by atoms with Crippen molar-refractivity contribution in [3.8, 4) is 11.6 Å². The van der Waals surface area contributed by atoms with Gasteiger partial charge in [0.1, 0.15) is 11.6 Å². The molecule has 2 aromatic rings. The third-order valence-corrected chi connectivity index (χ3v) is 2.77. The SMILES string of the molecule is Cc1cc(Oc2ncc(Br)cc2C)ccc1F. The molecule has 0 atom stereocenters. The van der Waals surface area contributed by atoms with Gasteiger partial charge in [0.05, 0.1) is 0 Å². The number of halogens is 2. The van der Waals surface area contributed by atoms with Crippen LogP contribution < -0.4 is 4.74 Å². The van der Waals surface area contributed by atoms with Gasteiger partial charge in [0, 0.05) is 16.2 Å². The fourth-order valence-corrected chi connectivity index (χ4v) is 1.87. The maximum Gasteiger partial charge on any atom is 0.222 e. The van der Waals surface area contributed by atoms with E-state index in [-0.39, 0.29) is 5.82 Å². The number of hydrogen-bond acceptors (Lipinski definition) is 2. The zero-order valence-corrected chi connectivity index (χ0v) is 11.1. The molecule has 4 heteroatoms. The van der Waals surface area contributed by atoms with Gasteiger partial charge < -0.3 is 4.74 Å². The zero-order chi connectivity index (χ0) is 12.4. The Balaban J connectivity index is 2.28. The molecule has 1 aromatic heterocycles. The topological polar surface area (TPSA) is 22.1 Å². The standard InChI is InChI=1S/C13H11BrFNO/c1-8-6-11(3-4-12(8)15)17-13-9(2)5-10(14)7-16-13/h3-7H,1-2H3. The van der Waals surface area contributed by atoms with Crippen LogP contribution in [0.1, 0.15) is 11.1 Å². The van der Waals surface area contributed by atoms with Gasteiger partial charge in [0.2, 0.25) is 5.88 Å². The number of pyridine rings is 1. The molecule has 0 aliphatic heterocycles. The molecular weight excluding hydrogens is 285 g/mol. The Hall–Kier alpha value is -1.42. The highest BCUT2D eigenvalue weighted by Crippen LogP contribution is 2.25. The van der Waals surface area contributed by atoms with E-state index in [1.54, 1.807) is 25.3 Å². The Morgan fingerprint density at radius 3 is 2.59 bits per heavy atom. The van der Waals surface area contributed by atoms with E-state index in [1.807, 2.05) is 13.0 Å². The third kappa shape index (κ3) is 2.82. The molecule has 0 fully saturated rings. The fraction of sp³-hybridized carbons (Fsp3) is 0.154. The molecule has 0 saturated carbocycles. The summed E-state index contributed by atoms with van der Waals surface area (Å²) in [5.74, 6) is 0.874. The number of rotatable bonds is 2. The van der Waals surface area contributed by atoms with Crippen LogP contribution in [-0.2, 0) is 0 Å². The van der Waals surface area contributed by atoms with E-state index in [4.69, 9.17) is 4.74 Å². The summed E-state index contributed by atoms with van der Waals surface area (Å²) in [5.41, 5.74) is 1.47. The van der Waals surface area contributed by atoms with Crippen molar-refractivity contribution in [1.82, 2.24) is 4.98 Å². The lowest BCUT2D eigenvalue weighted by molar-refractivity contribution is 0.456. The highest BCUT2D eigenvalue weighted by molar-refractivity contribution is 9.10. The minimum absolute atomic E-state index is 0.238. The van der Waals surface area contributed by atoms with Crippen LogP contribution in [-0.4, -0.2) is 4.98 Å². The number of aromatic nitrogens is 1. The molecule has 1 heterocycles. The Kier molecular flexibility index (Phi) is 3.43. The van der Waals surface area contributed by atoms with Crippen molar-refractivity contribution in [1.29, 1.82) is 0 Å². The lowest BCUT2D eigenvalue weighted by atomic mass is 10.2. The fourth-order valence-electron chi connectivity index (χ4n) is 1.43. The van der Waals surface area contributed by atoms with E-state index >= 15 is 0 Å². The molecule has 0 N–H and O–H groups in total. The largest absolute Gasteiger partial charge is 0.439 e. The second kappa shape index (κ2) is 4.84. The molecule has 0 aliphatic carbocycles. The van der Waals surface area contributed by atoms with Crippen LogP contribution >= 0.6 is 15.9 Å². The molecule has 2 rings (SSSR count). The second-order valence-corrected chi connectivity index (χ2v) is 4.70. The summed E-state index contributed by atoms with van der Waals surface area (Å²) in [7, 11) is 0. The molecule has 0 saturated heterocycles. The van der Waals surface area contributed by atoms with E-state index in [2.05, 4.69) is 20.9 Å². The molecule has 0 aliphatic rings. The first kappa shape index (κ1) is 12.0. The molecular formula is C13H11BrFNO. The van der Waals surface area contributed by atoms with Crippen LogP contribution in [0.15, 0.2) is 34.9 Å². The van der Waals surface area contributed by atoms with Crippen LogP contribution in [0.4, 0.5) is 4.39 Å². The summed E-state index contributed by atoms with van der Waals surface area (Å²) in [6.45, 7) is 3.60. The zero-order valence-electron chi connectivity index (χ0n) is 9.50. The summed E-state index contributed by atoms with van der Waals surface area (Å²) in [6.07, 6.45) is 1.67. The molecule has 2 nitrogen and oxygen atoms in total. The molecule has 88 valence electrons. The maximum absolute atomic E-state index is 13.1. The van der Waals surface area contributed by atoms with Crippen LogP contribution in [0, 0.1) is 19.7 Å². The van der Waals surface area contributed by atoms with Gasteiger partial charge in [-0.25, -0.2) is 9.37 Å². The van der Waals surface area contributed by atoms with E-state index in [0.717, 1.165) is 10.0 Å². The first-order valence-electron chi connectivity index (χ1n) is 5.12. The highest BCUT2D eigenvalue weighted by Gasteiger charge is 2.05. The Morgan fingerprint density at radius 2 is 1.94 bits per heavy atom. The van der Waals surface area contributed by atoms with E-state index < -0.39 is 0 Å². The van der Waals surface area contributed by atoms with E-state index in [1.165, 1.54) is 6.07 Å². The molecule has 0 bridgehead atoms. The van der Waals surface area contributed by atoms with Crippen molar-refractivity contribution in [2.75, 3.05) is 0 Å². The van der Waals surface area contributed by atoms with E-state index in [0.29, 0.717) is 17.2 Å². The normalized spacial score (nSPS) is 10.4. The van der Waals surface area contributed by atoms with Crippen LogP contribution in [0.5, 0.6) is 11.6 Å². The number of benzene rings is 1. The predicted octanol–water partition coefficient (Wildman–Crippen LogP) is 4.39. The van der Waals surface area contributed by atoms with Crippen molar-refractivity contribution in [2.24, 2.45) is 0 Å². The summed E-state index contributed by atoms with van der Waals surface area (Å²) < 4.78 is 19.6. The van der Waals surface area contributed by atoms with Crippen molar-refractivity contribution >= 4 is 15.9 Å². The summed E-state index contributed by atoms with van der Waals surface area (Å²) >= 11 is 3.34. The Bertz CT molecular complexity index is 557. The minimum Gasteiger partial charge on any atom is -0.439 e. The molecule has 17 heavy (non-hydrogen) atoms. The maximum atomic E-state index is 13.1. The summed E-state index contributed by atoms with van der Waals surface area (Å²) in [6, 6.07) is 6.54. The lowest BCUT2D eigenvalue weighted by Gasteiger charge is -2.08. The number of ether oxygens (including phenoxy) is 1. The third-order valence-electron chi connectivity index (χ3n) is 2.34. The molecule has 0 unspecified atom stereocenters. The Morgan fingerprint density at radius 1 is 1.18 bits per heavy atom. The second-order valence-electron chi connectivity index (χ2n) is 3.79. The quantitative estimate of drug-likeness (QED) is 0.820. The minimum atomic E-state index is -0.238. The van der Waals surface area contributed by atoms with Gasteiger partial charge >= 0.3 is 0 Å². The lowest BCUT2D eigenvalue weighted by Crippen LogP contribution is -1.92. The first-order valence-corrected chi connectivity index (χ1v) is 5.92. The van der Waals surface area contributed by atoms with Gasteiger partial charge in [-0.1, -0.05) is 0 Å². The van der Waals surface area contributed by atoms with Gasteiger partial charge in [-0.3, -0.25) is 0 Å². The van der Waals surface area contributed by atoms with Gasteiger partial charge in [0.25, 0.3) is 0 Å². The summed E-state index contributed by atoms with van der Waals surface area (Å²) in [5, 5.41) is 0. The van der Waals surface area contributed by atoms with Gasteiger partial charge in [-0.2, -0.15) is 0 Å². The van der Waals surface area contributed by atoms with Crippen LogP contribution in [0.2, 0.25) is 0 Å². The van der Waals surface area contributed by atoms with Crippen molar-refractivity contribution in [2.45, 2.75) is 13.8 Å². The smallest absolute Gasteiger partial charge is 0.222 e. The van der Waals surface area contributed by atoms with Gasteiger partial charge in [0.15, 0.2) is 0 Å². The van der Waals surface area contributed by atoms with E-state index in [9.17, 15) is 4.39 Å². The molecule has 1 aromatic carbocycles. The number of nitrogens with zero attached hydrogens (tertiary/aromatic N) is 1. The monoisotopic (exact) mass is 295 g/mol. The number of aryl methyl sites for hydroxylation is 2. The summed E-state index contributed by atoms with van der Waals surface area (Å²) in [4.78, 5) is 4.16. The van der Waals surface area contributed by atoms with Crippen LogP contribution in [0.25, 0.3) is 0 Å². The molecule has 0 amide bonds. The number of hydrogen-bond donors (Lipinski definition) is 0.